The molecule has 2 heterocycles. The maximum absolute atomic E-state index is 13.2. The van der Waals surface area contributed by atoms with Crippen molar-refractivity contribution in [2.24, 2.45) is 5.92 Å². The molecule has 6 heteroatoms. The molecule has 0 radical (unpaired) electrons. The van der Waals surface area contributed by atoms with Gasteiger partial charge in [-0.25, -0.2) is 4.39 Å². The minimum atomic E-state index is -0.304. The number of nitrogens with zero attached hydrogens (tertiary/aromatic N) is 2. The Morgan fingerprint density at radius 3 is 2.46 bits per heavy atom. The predicted octanol–water partition coefficient (Wildman–Crippen LogP) is 3.27. The van der Waals surface area contributed by atoms with Crippen molar-refractivity contribution in [1.29, 1.82) is 0 Å². The summed E-state index contributed by atoms with van der Waals surface area (Å²) in [4.78, 5) is 28.1. The van der Waals surface area contributed by atoms with Crippen LogP contribution in [-0.4, -0.2) is 40.4 Å². The molecular formula is C18H23FN2O2S. The fraction of sp³-hybridized carbons (Fsp3) is 0.556. The molecule has 1 spiro atoms. The standard InChI is InChI=1S/C18H23FN2O2S/c1-13(2)11-16(22)20-9-7-18(8-10-20)21(17(23)12-24-18)15-5-3-14(19)4-6-15/h3-6,13H,7-12H2,1-2H3. The number of benzene rings is 1. The van der Waals surface area contributed by atoms with Gasteiger partial charge in [0.2, 0.25) is 11.8 Å². The summed E-state index contributed by atoms with van der Waals surface area (Å²) in [6, 6.07) is 6.11. The molecule has 0 bridgehead atoms. The number of amides is 2. The highest BCUT2D eigenvalue weighted by atomic mass is 32.2. The molecule has 2 saturated heterocycles. The number of likely N-dealkylation sites (tertiary alicyclic amines) is 1. The lowest BCUT2D eigenvalue weighted by atomic mass is 10.00. The van der Waals surface area contributed by atoms with Crippen LogP contribution in [0.15, 0.2) is 24.3 Å². The first kappa shape index (κ1) is 17.3. The fourth-order valence-corrected chi connectivity index (χ4v) is 4.80. The number of piperidine rings is 1. The quantitative estimate of drug-likeness (QED) is 0.840. The van der Waals surface area contributed by atoms with Crippen LogP contribution in [0.2, 0.25) is 0 Å². The second-order valence-corrected chi connectivity index (χ2v) is 8.26. The molecule has 0 saturated carbocycles. The van der Waals surface area contributed by atoms with Gasteiger partial charge in [0.1, 0.15) is 5.82 Å². The molecule has 2 aliphatic rings. The molecule has 0 aromatic heterocycles. The topological polar surface area (TPSA) is 40.6 Å². The zero-order valence-corrected chi connectivity index (χ0v) is 14.9. The third kappa shape index (κ3) is 3.29. The lowest BCUT2D eigenvalue weighted by molar-refractivity contribution is -0.133. The Bertz CT molecular complexity index is 624. The van der Waals surface area contributed by atoms with E-state index in [0.29, 0.717) is 31.2 Å². The maximum Gasteiger partial charge on any atom is 0.238 e. The van der Waals surface area contributed by atoms with Crippen LogP contribution < -0.4 is 4.90 Å². The highest BCUT2D eigenvalue weighted by Crippen LogP contribution is 2.46. The number of thioether (sulfide) groups is 1. The second-order valence-electron chi connectivity index (χ2n) is 6.92. The Labute approximate surface area is 146 Å². The van der Waals surface area contributed by atoms with Gasteiger partial charge in [0.15, 0.2) is 0 Å². The number of halogens is 1. The molecule has 0 N–H and O–H groups in total. The molecule has 0 aliphatic carbocycles. The largest absolute Gasteiger partial charge is 0.342 e. The van der Waals surface area contributed by atoms with Gasteiger partial charge in [0.05, 0.1) is 10.6 Å². The number of hydrogen-bond acceptors (Lipinski definition) is 3. The summed E-state index contributed by atoms with van der Waals surface area (Å²) >= 11 is 1.65. The summed E-state index contributed by atoms with van der Waals surface area (Å²) in [5, 5.41) is 0. The van der Waals surface area contributed by atoms with Crippen LogP contribution in [0.5, 0.6) is 0 Å². The number of hydrogen-bond donors (Lipinski definition) is 0. The van der Waals surface area contributed by atoms with Crippen LogP contribution in [0.3, 0.4) is 0 Å². The van der Waals surface area contributed by atoms with Crippen molar-refractivity contribution in [1.82, 2.24) is 4.90 Å². The van der Waals surface area contributed by atoms with Gasteiger partial charge in [-0.2, -0.15) is 0 Å². The highest BCUT2D eigenvalue weighted by molar-refractivity contribution is 8.02. The van der Waals surface area contributed by atoms with Crippen LogP contribution in [0.25, 0.3) is 0 Å². The lowest BCUT2D eigenvalue weighted by Gasteiger charge is -2.44. The van der Waals surface area contributed by atoms with Crippen molar-refractivity contribution in [3.8, 4) is 0 Å². The number of rotatable bonds is 3. The van der Waals surface area contributed by atoms with Gasteiger partial charge in [-0.3, -0.25) is 14.5 Å². The molecule has 4 nitrogen and oxygen atoms in total. The van der Waals surface area contributed by atoms with E-state index >= 15 is 0 Å². The molecule has 0 unspecified atom stereocenters. The monoisotopic (exact) mass is 350 g/mol. The van der Waals surface area contributed by atoms with E-state index in [1.807, 2.05) is 23.6 Å². The van der Waals surface area contributed by atoms with Crippen molar-refractivity contribution < 1.29 is 14.0 Å². The number of carbonyl (C=O) groups excluding carboxylic acids is 2. The summed E-state index contributed by atoms with van der Waals surface area (Å²) < 4.78 is 13.2. The Morgan fingerprint density at radius 2 is 1.88 bits per heavy atom. The molecule has 0 atom stereocenters. The average Bonchev–Trinajstić information content (AvgIpc) is 2.85. The third-order valence-corrected chi connectivity index (χ3v) is 6.21. The molecule has 130 valence electrons. The number of anilines is 1. The molecule has 1 aromatic carbocycles. The van der Waals surface area contributed by atoms with Crippen LogP contribution in [0, 0.1) is 11.7 Å². The molecule has 2 amide bonds. The van der Waals surface area contributed by atoms with Gasteiger partial charge < -0.3 is 4.90 Å². The SMILES string of the molecule is CC(C)CC(=O)N1CCC2(CC1)SCC(=O)N2c1ccc(F)cc1. The molecule has 1 aromatic rings. The Balaban J connectivity index is 1.75. The maximum atomic E-state index is 13.2. The zero-order chi connectivity index (χ0) is 17.3. The summed E-state index contributed by atoms with van der Waals surface area (Å²) in [5.74, 6) is 0.751. The zero-order valence-electron chi connectivity index (χ0n) is 14.1. The normalized spacial score (nSPS) is 20.2. The molecule has 3 rings (SSSR count). The molecular weight excluding hydrogens is 327 g/mol. The average molecular weight is 350 g/mol. The van der Waals surface area contributed by atoms with E-state index in [9.17, 15) is 14.0 Å². The summed E-state index contributed by atoms with van der Waals surface area (Å²) in [5.41, 5.74) is 0.744. The van der Waals surface area contributed by atoms with Gasteiger partial charge in [0, 0.05) is 25.2 Å². The first-order valence-corrected chi connectivity index (χ1v) is 9.40. The van der Waals surface area contributed by atoms with E-state index in [1.54, 1.807) is 23.9 Å². The van der Waals surface area contributed by atoms with Crippen molar-refractivity contribution in [2.75, 3.05) is 23.7 Å². The van der Waals surface area contributed by atoms with Gasteiger partial charge in [-0.15, -0.1) is 11.8 Å². The van der Waals surface area contributed by atoms with E-state index in [-0.39, 0.29) is 22.5 Å². The van der Waals surface area contributed by atoms with Crippen LogP contribution >= 0.6 is 11.8 Å². The van der Waals surface area contributed by atoms with Crippen LogP contribution in [0.4, 0.5) is 10.1 Å². The van der Waals surface area contributed by atoms with E-state index in [2.05, 4.69) is 0 Å². The second kappa shape index (κ2) is 6.75. The van der Waals surface area contributed by atoms with Crippen molar-refractivity contribution in [3.05, 3.63) is 30.1 Å². The Morgan fingerprint density at radius 1 is 1.25 bits per heavy atom. The minimum Gasteiger partial charge on any atom is -0.342 e. The Hall–Kier alpha value is -1.56. The number of carbonyl (C=O) groups is 2. The van der Waals surface area contributed by atoms with Crippen molar-refractivity contribution in [2.45, 2.75) is 38.0 Å². The summed E-state index contributed by atoms with van der Waals surface area (Å²) in [7, 11) is 0. The summed E-state index contributed by atoms with van der Waals surface area (Å²) in [6.07, 6.45) is 2.08. The first-order valence-electron chi connectivity index (χ1n) is 8.42. The van der Waals surface area contributed by atoms with E-state index in [4.69, 9.17) is 0 Å². The van der Waals surface area contributed by atoms with E-state index in [0.717, 1.165) is 18.5 Å². The lowest BCUT2D eigenvalue weighted by Crippen LogP contribution is -2.53. The van der Waals surface area contributed by atoms with E-state index in [1.165, 1.54) is 12.1 Å². The van der Waals surface area contributed by atoms with E-state index < -0.39 is 0 Å². The first-order chi connectivity index (χ1) is 11.4. The molecule has 24 heavy (non-hydrogen) atoms. The fourth-order valence-electron chi connectivity index (χ4n) is 3.47. The van der Waals surface area contributed by atoms with Crippen LogP contribution in [-0.2, 0) is 9.59 Å². The third-order valence-electron chi connectivity index (χ3n) is 4.69. The van der Waals surface area contributed by atoms with Crippen molar-refractivity contribution in [3.63, 3.8) is 0 Å². The molecule has 2 fully saturated rings. The van der Waals surface area contributed by atoms with Gasteiger partial charge >= 0.3 is 0 Å². The van der Waals surface area contributed by atoms with Gasteiger partial charge in [-0.05, 0) is 43.0 Å². The minimum absolute atomic E-state index is 0.0635. The smallest absolute Gasteiger partial charge is 0.238 e. The predicted molar refractivity (Wildman–Crippen MR) is 94.3 cm³/mol. The van der Waals surface area contributed by atoms with Gasteiger partial charge in [0.25, 0.3) is 0 Å². The van der Waals surface area contributed by atoms with Gasteiger partial charge in [-0.1, -0.05) is 13.8 Å². The highest BCUT2D eigenvalue weighted by Gasteiger charge is 2.49. The van der Waals surface area contributed by atoms with Crippen LogP contribution in [0.1, 0.15) is 33.1 Å². The summed E-state index contributed by atoms with van der Waals surface area (Å²) in [6.45, 7) is 5.43. The van der Waals surface area contributed by atoms with Crippen molar-refractivity contribution >= 4 is 29.3 Å². The molecule has 2 aliphatic heterocycles. The Kier molecular flexibility index (Phi) is 4.85.